The van der Waals surface area contributed by atoms with Crippen LogP contribution in [0.4, 0.5) is 0 Å². The molecule has 17 heavy (non-hydrogen) atoms. The maximum Gasteiger partial charge on any atom is 0.134 e. The van der Waals surface area contributed by atoms with Crippen LogP contribution in [0, 0.1) is 5.41 Å². The van der Waals surface area contributed by atoms with Crippen LogP contribution < -0.4 is 10.5 Å². The van der Waals surface area contributed by atoms with Crippen molar-refractivity contribution in [3.05, 3.63) is 24.3 Å². The van der Waals surface area contributed by atoms with Crippen LogP contribution in [0.2, 0.25) is 0 Å². The lowest BCUT2D eigenvalue weighted by Gasteiger charge is -2.26. The molecule has 4 heteroatoms. The van der Waals surface area contributed by atoms with Crippen molar-refractivity contribution in [1.82, 2.24) is 0 Å². The van der Waals surface area contributed by atoms with E-state index in [0.29, 0.717) is 11.5 Å². The smallest absolute Gasteiger partial charge is 0.134 e. The average Bonchev–Trinajstić information content (AvgIpc) is 2.27. The molecule has 3 nitrogen and oxygen atoms in total. The number of hydrogen-bond acceptors (Lipinski definition) is 3. The van der Waals surface area contributed by atoms with Crippen molar-refractivity contribution in [1.29, 1.82) is 0 Å². The first-order chi connectivity index (χ1) is 7.86. The highest BCUT2D eigenvalue weighted by Crippen LogP contribution is 2.24. The molecule has 2 unspecified atom stereocenters. The van der Waals surface area contributed by atoms with Gasteiger partial charge in [-0.3, -0.25) is 4.21 Å². The molecule has 0 saturated carbocycles. The summed E-state index contributed by atoms with van der Waals surface area (Å²) in [5, 5.41) is 0. The van der Waals surface area contributed by atoms with Gasteiger partial charge in [0.05, 0.1) is 22.8 Å². The second-order valence-corrected chi connectivity index (χ2v) is 6.60. The van der Waals surface area contributed by atoms with Crippen LogP contribution in [0.3, 0.4) is 0 Å². The lowest BCUT2D eigenvalue weighted by atomic mass is 9.89. The molecule has 1 aromatic carbocycles. The number of benzene rings is 1. The second-order valence-electron chi connectivity index (χ2n) is 5.14. The van der Waals surface area contributed by atoms with Crippen molar-refractivity contribution in [2.45, 2.75) is 31.7 Å². The Hall–Kier alpha value is -0.870. The molecule has 0 amide bonds. The molecule has 0 aromatic heterocycles. The molecule has 1 aromatic rings. The summed E-state index contributed by atoms with van der Waals surface area (Å²) in [7, 11) is 0.462. The maximum absolute atomic E-state index is 12.2. The van der Waals surface area contributed by atoms with E-state index >= 15 is 0 Å². The van der Waals surface area contributed by atoms with Crippen LogP contribution >= 0.6 is 0 Å². The summed E-state index contributed by atoms with van der Waals surface area (Å²) in [5.41, 5.74) is 6.00. The molecule has 0 spiro atoms. The lowest BCUT2D eigenvalue weighted by molar-refractivity contribution is 0.342. The summed E-state index contributed by atoms with van der Waals surface area (Å²) < 4.78 is 17.4. The number of rotatable bonds is 4. The first-order valence-corrected chi connectivity index (χ1v) is 6.95. The van der Waals surface area contributed by atoms with Gasteiger partial charge in [0, 0.05) is 11.8 Å². The molecular formula is C13H21NO2S. The molecule has 0 radical (unpaired) electrons. The molecule has 0 bridgehead atoms. The number of methoxy groups -OCH3 is 1. The normalized spacial score (nSPS) is 15.4. The monoisotopic (exact) mass is 255 g/mol. The minimum absolute atomic E-state index is 0.0440. The fourth-order valence-corrected chi connectivity index (χ4v) is 2.92. The zero-order valence-corrected chi connectivity index (χ0v) is 11.7. The van der Waals surface area contributed by atoms with Crippen molar-refractivity contribution >= 4 is 10.8 Å². The van der Waals surface area contributed by atoms with Crippen LogP contribution in [0.25, 0.3) is 0 Å². The molecule has 1 rings (SSSR count). The minimum Gasteiger partial charge on any atom is -0.495 e. The number of hydrogen-bond donors (Lipinski definition) is 1. The Morgan fingerprint density at radius 2 is 1.94 bits per heavy atom. The summed E-state index contributed by atoms with van der Waals surface area (Å²) in [6, 6.07) is 7.26. The number of ether oxygens (including phenoxy) is 1. The number of nitrogens with two attached hydrogens (primary N) is 1. The van der Waals surface area contributed by atoms with Crippen LogP contribution in [-0.4, -0.2) is 23.1 Å². The van der Waals surface area contributed by atoms with E-state index in [0.717, 1.165) is 4.90 Å². The van der Waals surface area contributed by atoms with E-state index in [-0.39, 0.29) is 11.5 Å². The molecular weight excluding hydrogens is 234 g/mol. The molecule has 0 heterocycles. The molecule has 2 atom stereocenters. The van der Waals surface area contributed by atoms with Crippen molar-refractivity contribution in [2.75, 3.05) is 12.9 Å². The first-order valence-electron chi connectivity index (χ1n) is 5.63. The van der Waals surface area contributed by atoms with E-state index in [1.165, 1.54) is 0 Å². The third-order valence-electron chi connectivity index (χ3n) is 2.76. The predicted octanol–water partition coefficient (Wildman–Crippen LogP) is 2.18. The van der Waals surface area contributed by atoms with Gasteiger partial charge in [0.2, 0.25) is 0 Å². The third kappa shape index (κ3) is 3.82. The summed E-state index contributed by atoms with van der Waals surface area (Å²) >= 11 is 0. The fourth-order valence-electron chi connectivity index (χ4n) is 1.31. The molecule has 0 saturated heterocycles. The van der Waals surface area contributed by atoms with Crippen LogP contribution in [-0.2, 0) is 10.8 Å². The molecule has 0 aliphatic carbocycles. The van der Waals surface area contributed by atoms with E-state index in [2.05, 4.69) is 20.8 Å². The fraction of sp³-hybridized carbons (Fsp3) is 0.538. The van der Waals surface area contributed by atoms with E-state index in [4.69, 9.17) is 10.5 Å². The van der Waals surface area contributed by atoms with Gasteiger partial charge in [-0.25, -0.2) is 0 Å². The van der Waals surface area contributed by atoms with Gasteiger partial charge in [0.25, 0.3) is 0 Å². The zero-order chi connectivity index (χ0) is 13.1. The first kappa shape index (κ1) is 14.2. The molecule has 0 aliphatic rings. The Bertz CT molecular complexity index is 399. The SMILES string of the molecule is COc1ccccc1S(=O)CC(N)C(C)(C)C. The van der Waals surface area contributed by atoms with Crippen molar-refractivity contribution in [2.24, 2.45) is 11.1 Å². The second kappa shape index (κ2) is 5.65. The Kier molecular flexibility index (Phi) is 4.71. The minimum atomic E-state index is -1.12. The van der Waals surface area contributed by atoms with Gasteiger partial charge in [0.1, 0.15) is 5.75 Å². The van der Waals surface area contributed by atoms with E-state index in [1.54, 1.807) is 7.11 Å². The summed E-state index contributed by atoms with van der Waals surface area (Å²) in [4.78, 5) is 0.717. The van der Waals surface area contributed by atoms with Gasteiger partial charge in [-0.15, -0.1) is 0 Å². The van der Waals surface area contributed by atoms with E-state index in [1.807, 2.05) is 24.3 Å². The van der Waals surface area contributed by atoms with Gasteiger partial charge in [-0.1, -0.05) is 32.9 Å². The quantitative estimate of drug-likeness (QED) is 0.897. The largest absolute Gasteiger partial charge is 0.495 e. The van der Waals surface area contributed by atoms with Gasteiger partial charge < -0.3 is 10.5 Å². The summed E-state index contributed by atoms with van der Waals surface area (Å²) in [6.45, 7) is 6.16. The predicted molar refractivity (Wildman–Crippen MR) is 71.7 cm³/mol. The molecule has 0 aliphatic heterocycles. The lowest BCUT2D eigenvalue weighted by Crippen LogP contribution is -2.39. The van der Waals surface area contributed by atoms with Gasteiger partial charge in [-0.2, -0.15) is 0 Å². The Balaban J connectivity index is 2.84. The molecule has 96 valence electrons. The van der Waals surface area contributed by atoms with Crippen molar-refractivity contribution in [3.8, 4) is 5.75 Å². The average molecular weight is 255 g/mol. The third-order valence-corrected chi connectivity index (χ3v) is 4.25. The van der Waals surface area contributed by atoms with Gasteiger partial charge >= 0.3 is 0 Å². The van der Waals surface area contributed by atoms with Crippen molar-refractivity contribution < 1.29 is 8.95 Å². The van der Waals surface area contributed by atoms with E-state index in [9.17, 15) is 4.21 Å². The summed E-state index contributed by atoms with van der Waals surface area (Å²) in [6.07, 6.45) is 0. The maximum atomic E-state index is 12.2. The van der Waals surface area contributed by atoms with Gasteiger partial charge in [-0.05, 0) is 17.5 Å². The standard InChI is InChI=1S/C13H21NO2S/c1-13(2,3)12(14)9-17(15)11-8-6-5-7-10(11)16-4/h5-8,12H,9,14H2,1-4H3. The summed E-state index contributed by atoms with van der Waals surface area (Å²) in [5.74, 6) is 1.11. The highest BCUT2D eigenvalue weighted by Gasteiger charge is 2.24. The van der Waals surface area contributed by atoms with E-state index < -0.39 is 10.8 Å². The highest BCUT2D eigenvalue weighted by atomic mass is 32.2. The number of para-hydroxylation sites is 1. The topological polar surface area (TPSA) is 52.3 Å². The van der Waals surface area contributed by atoms with Crippen LogP contribution in [0.5, 0.6) is 5.75 Å². The Morgan fingerprint density at radius 3 is 2.47 bits per heavy atom. The van der Waals surface area contributed by atoms with Gasteiger partial charge in [0.15, 0.2) is 0 Å². The molecule has 2 N–H and O–H groups in total. The van der Waals surface area contributed by atoms with Crippen molar-refractivity contribution in [3.63, 3.8) is 0 Å². The Labute approximate surface area is 106 Å². The Morgan fingerprint density at radius 1 is 1.35 bits per heavy atom. The van der Waals surface area contributed by atoms with Crippen LogP contribution in [0.1, 0.15) is 20.8 Å². The van der Waals surface area contributed by atoms with Crippen LogP contribution in [0.15, 0.2) is 29.2 Å². The zero-order valence-electron chi connectivity index (χ0n) is 10.9. The molecule has 0 fully saturated rings. The highest BCUT2D eigenvalue weighted by molar-refractivity contribution is 7.85.